The predicted molar refractivity (Wildman–Crippen MR) is 128 cm³/mol. The molecule has 0 saturated carbocycles. The lowest BCUT2D eigenvalue weighted by atomic mass is 9.95. The molecule has 1 fully saturated rings. The molecule has 1 N–H and O–H groups in total. The maximum Gasteiger partial charge on any atom is 0.324 e. The molecule has 6 nitrogen and oxygen atoms in total. The first-order valence-electron chi connectivity index (χ1n) is 11.1. The van der Waals surface area contributed by atoms with Crippen LogP contribution >= 0.6 is 11.6 Å². The van der Waals surface area contributed by atoms with Gasteiger partial charge in [0.25, 0.3) is 0 Å². The highest BCUT2D eigenvalue weighted by molar-refractivity contribution is 6.31. The first-order valence-corrected chi connectivity index (χ1v) is 11.5. The van der Waals surface area contributed by atoms with Crippen molar-refractivity contribution in [2.75, 3.05) is 29.9 Å². The second-order valence-corrected chi connectivity index (χ2v) is 9.39. The van der Waals surface area contributed by atoms with E-state index in [1.165, 1.54) is 5.56 Å². The quantitative estimate of drug-likeness (QED) is 0.666. The van der Waals surface area contributed by atoms with Gasteiger partial charge in [0.15, 0.2) is 0 Å². The molecule has 0 aromatic heterocycles. The Labute approximate surface area is 194 Å². The van der Waals surface area contributed by atoms with Crippen LogP contribution in [0.5, 0.6) is 5.75 Å². The number of urea groups is 1. The number of carbonyl (C=O) groups excluding carboxylic acids is 2. The normalized spacial score (nSPS) is 18.7. The Morgan fingerprint density at radius 1 is 1.06 bits per heavy atom. The van der Waals surface area contributed by atoms with Crippen molar-refractivity contribution < 1.29 is 14.3 Å². The molecular formula is C25H30ClN3O3. The van der Waals surface area contributed by atoms with Gasteiger partial charge in [0.2, 0.25) is 5.91 Å². The number of aryl methyl sites for hydroxylation is 3. The van der Waals surface area contributed by atoms with Crippen LogP contribution in [0.25, 0.3) is 0 Å². The van der Waals surface area contributed by atoms with E-state index in [-0.39, 0.29) is 24.0 Å². The number of anilines is 2. The molecular weight excluding hydrogens is 426 g/mol. The summed E-state index contributed by atoms with van der Waals surface area (Å²) in [5, 5.41) is 3.69. The second-order valence-electron chi connectivity index (χ2n) is 8.96. The van der Waals surface area contributed by atoms with Crippen LogP contribution in [0.1, 0.15) is 36.5 Å². The van der Waals surface area contributed by atoms with Gasteiger partial charge in [-0.25, -0.2) is 4.79 Å². The largest absolute Gasteiger partial charge is 0.487 e. The molecule has 0 radical (unpaired) electrons. The summed E-state index contributed by atoms with van der Waals surface area (Å²) in [7, 11) is 0. The highest BCUT2D eigenvalue weighted by Crippen LogP contribution is 2.36. The van der Waals surface area contributed by atoms with Crippen LogP contribution in [-0.2, 0) is 4.79 Å². The molecule has 0 unspecified atom stereocenters. The second kappa shape index (κ2) is 9.02. The van der Waals surface area contributed by atoms with Gasteiger partial charge in [-0.2, -0.15) is 0 Å². The molecule has 2 aliphatic heterocycles. The van der Waals surface area contributed by atoms with Crippen LogP contribution < -0.4 is 15.0 Å². The molecule has 0 bridgehead atoms. The molecule has 2 heterocycles. The minimum atomic E-state index is -0.107. The fraction of sp³-hybridized carbons (Fsp3) is 0.440. The average Bonchev–Trinajstić information content (AvgIpc) is 2.75. The number of nitrogens with zero attached hydrogens (tertiary/aromatic N) is 2. The van der Waals surface area contributed by atoms with E-state index in [4.69, 9.17) is 16.3 Å². The van der Waals surface area contributed by atoms with Gasteiger partial charge in [-0.3, -0.25) is 9.69 Å². The molecule has 170 valence electrons. The van der Waals surface area contributed by atoms with E-state index in [1.807, 2.05) is 25.7 Å². The molecule has 2 aromatic carbocycles. The van der Waals surface area contributed by atoms with Crippen molar-refractivity contribution in [3.05, 3.63) is 52.0 Å². The van der Waals surface area contributed by atoms with Crippen molar-refractivity contribution in [1.82, 2.24) is 4.90 Å². The molecule has 1 saturated heterocycles. The fourth-order valence-electron chi connectivity index (χ4n) is 4.70. The molecule has 4 rings (SSSR count). The highest BCUT2D eigenvalue weighted by Gasteiger charge is 2.34. The summed E-state index contributed by atoms with van der Waals surface area (Å²) >= 11 is 6.17. The van der Waals surface area contributed by atoms with Crippen molar-refractivity contribution in [1.29, 1.82) is 0 Å². The fourth-order valence-corrected chi connectivity index (χ4v) is 4.86. The van der Waals surface area contributed by atoms with Crippen LogP contribution in [-0.4, -0.2) is 42.6 Å². The predicted octanol–water partition coefficient (Wildman–Crippen LogP) is 5.32. The van der Waals surface area contributed by atoms with E-state index in [9.17, 15) is 9.59 Å². The molecule has 2 aromatic rings. The van der Waals surface area contributed by atoms with Gasteiger partial charge in [0.05, 0.1) is 12.2 Å². The van der Waals surface area contributed by atoms with Crippen molar-refractivity contribution in [3.63, 3.8) is 0 Å². The Hall–Kier alpha value is -2.73. The van der Waals surface area contributed by atoms with Crippen molar-refractivity contribution in [2.45, 2.75) is 46.6 Å². The molecule has 0 spiro atoms. The number of benzene rings is 2. The Bertz CT molecular complexity index is 1020. The monoisotopic (exact) mass is 455 g/mol. The van der Waals surface area contributed by atoms with E-state index < -0.39 is 0 Å². The minimum Gasteiger partial charge on any atom is -0.487 e. The number of hydrogen-bond donors (Lipinski definition) is 1. The molecule has 1 atom stereocenters. The third-order valence-corrected chi connectivity index (χ3v) is 6.51. The lowest BCUT2D eigenvalue weighted by molar-refractivity contribution is -0.121. The zero-order valence-corrected chi connectivity index (χ0v) is 19.8. The van der Waals surface area contributed by atoms with Gasteiger partial charge in [-0.1, -0.05) is 29.3 Å². The number of nitrogens with one attached hydrogen (secondary N) is 1. The van der Waals surface area contributed by atoms with Gasteiger partial charge in [0, 0.05) is 29.7 Å². The smallest absolute Gasteiger partial charge is 0.324 e. The van der Waals surface area contributed by atoms with Crippen molar-refractivity contribution in [2.24, 2.45) is 5.92 Å². The average molecular weight is 456 g/mol. The van der Waals surface area contributed by atoms with Crippen molar-refractivity contribution >= 4 is 34.9 Å². The minimum absolute atomic E-state index is 0.0317. The standard InChI is InChI=1S/C25H30ClN3O3/c1-15-11-16(2)23(17(3)12-15)27-24(30)19-7-9-28(10-8-19)25(31)29-14-18(4)32-22-6-5-20(26)13-21(22)29/h5-6,11-13,18-19H,7-10,14H2,1-4H3,(H,27,30)/t18-/m0/s1. The molecule has 32 heavy (non-hydrogen) atoms. The maximum absolute atomic E-state index is 13.3. The first kappa shape index (κ1) is 22.5. The summed E-state index contributed by atoms with van der Waals surface area (Å²) in [6, 6.07) is 9.44. The van der Waals surface area contributed by atoms with Crippen LogP contribution in [0, 0.1) is 26.7 Å². The van der Waals surface area contributed by atoms with E-state index >= 15 is 0 Å². The van der Waals surface area contributed by atoms with Crippen LogP contribution in [0.15, 0.2) is 30.3 Å². The summed E-state index contributed by atoms with van der Waals surface area (Å²) in [6.07, 6.45) is 1.19. The number of hydrogen-bond acceptors (Lipinski definition) is 3. The number of amides is 3. The lowest BCUT2D eigenvalue weighted by Gasteiger charge is -2.39. The van der Waals surface area contributed by atoms with Crippen LogP contribution in [0.4, 0.5) is 16.2 Å². The number of fused-ring (bicyclic) bond motifs is 1. The molecule has 3 amide bonds. The summed E-state index contributed by atoms with van der Waals surface area (Å²) < 4.78 is 5.86. The van der Waals surface area contributed by atoms with E-state index in [1.54, 1.807) is 23.1 Å². The van der Waals surface area contributed by atoms with E-state index in [0.29, 0.717) is 48.9 Å². The number of halogens is 1. The van der Waals surface area contributed by atoms with Gasteiger partial charge >= 0.3 is 6.03 Å². The summed E-state index contributed by atoms with van der Waals surface area (Å²) in [5.41, 5.74) is 4.93. The number of ether oxygens (including phenoxy) is 1. The topological polar surface area (TPSA) is 61.9 Å². The Balaban J connectivity index is 1.40. The first-order chi connectivity index (χ1) is 15.2. The lowest BCUT2D eigenvalue weighted by Crippen LogP contribution is -2.51. The number of piperidine rings is 1. The summed E-state index contributed by atoms with van der Waals surface area (Å²) in [6.45, 7) is 9.60. The van der Waals surface area contributed by atoms with Gasteiger partial charge in [-0.15, -0.1) is 0 Å². The van der Waals surface area contributed by atoms with Crippen molar-refractivity contribution in [3.8, 4) is 5.75 Å². The van der Waals surface area contributed by atoms with Crippen LogP contribution in [0.3, 0.4) is 0 Å². The third kappa shape index (κ3) is 4.56. The zero-order chi connectivity index (χ0) is 23.0. The Morgan fingerprint density at radius 3 is 2.38 bits per heavy atom. The maximum atomic E-state index is 13.3. The van der Waals surface area contributed by atoms with Gasteiger partial charge < -0.3 is 15.0 Å². The number of carbonyl (C=O) groups is 2. The van der Waals surface area contributed by atoms with E-state index in [0.717, 1.165) is 16.8 Å². The molecule has 0 aliphatic carbocycles. The van der Waals surface area contributed by atoms with Crippen LogP contribution in [0.2, 0.25) is 5.02 Å². The number of rotatable bonds is 2. The summed E-state index contributed by atoms with van der Waals surface area (Å²) in [4.78, 5) is 29.8. The molecule has 7 heteroatoms. The highest BCUT2D eigenvalue weighted by atomic mass is 35.5. The van der Waals surface area contributed by atoms with E-state index in [2.05, 4.69) is 24.4 Å². The Morgan fingerprint density at radius 2 is 1.72 bits per heavy atom. The Kier molecular flexibility index (Phi) is 6.33. The molecule has 2 aliphatic rings. The van der Waals surface area contributed by atoms with Gasteiger partial charge in [-0.05, 0) is 69.9 Å². The summed E-state index contributed by atoms with van der Waals surface area (Å²) in [5.74, 6) is 0.591. The number of likely N-dealkylation sites (tertiary alicyclic amines) is 1. The SMILES string of the molecule is Cc1cc(C)c(NC(=O)C2CCN(C(=O)N3C[C@H](C)Oc4ccc(Cl)cc43)CC2)c(C)c1. The third-order valence-electron chi connectivity index (χ3n) is 6.27. The van der Waals surface area contributed by atoms with Gasteiger partial charge in [0.1, 0.15) is 11.9 Å². The zero-order valence-electron chi connectivity index (χ0n) is 19.1.